The number of likely N-dealkylation sites (tertiary alicyclic amines) is 1. The molecule has 3 atom stereocenters. The van der Waals surface area contributed by atoms with Crippen LogP contribution in [0.4, 0.5) is 4.79 Å². The van der Waals surface area contributed by atoms with Crippen molar-refractivity contribution in [2.45, 2.75) is 69.6 Å². The smallest absolute Gasteiger partial charge is 0.410 e. The lowest BCUT2D eigenvalue weighted by Crippen LogP contribution is -2.56. The van der Waals surface area contributed by atoms with E-state index in [0.29, 0.717) is 19.4 Å². The molecule has 0 aromatic heterocycles. The Morgan fingerprint density at radius 1 is 1.21 bits per heavy atom. The second-order valence-corrected chi connectivity index (χ2v) is 9.68. The van der Waals surface area contributed by atoms with Crippen LogP contribution in [0.15, 0.2) is 28.7 Å². The normalized spacial score (nSPS) is 26.6. The van der Waals surface area contributed by atoms with Gasteiger partial charge >= 0.3 is 12.1 Å². The molecule has 2 aliphatic rings. The average molecular weight is 467 g/mol. The molecular weight excluding hydrogens is 440 g/mol. The van der Waals surface area contributed by atoms with Gasteiger partial charge in [-0.25, -0.2) is 9.59 Å². The van der Waals surface area contributed by atoms with Crippen LogP contribution in [-0.4, -0.2) is 51.7 Å². The molecule has 1 aliphatic carbocycles. The van der Waals surface area contributed by atoms with Crippen molar-refractivity contribution in [2.75, 3.05) is 6.54 Å². The van der Waals surface area contributed by atoms with Gasteiger partial charge < -0.3 is 15.2 Å². The summed E-state index contributed by atoms with van der Waals surface area (Å²) in [5.74, 6) is -1.79. The maximum absolute atomic E-state index is 13.0. The first-order valence-electron chi connectivity index (χ1n) is 9.84. The molecule has 1 aromatic rings. The first kappa shape index (κ1) is 21.6. The summed E-state index contributed by atoms with van der Waals surface area (Å²) in [6.45, 7) is 5.74. The number of benzene rings is 1. The number of carbonyl (C=O) groups is 3. The Morgan fingerprint density at radius 2 is 1.86 bits per heavy atom. The number of hydrogen-bond donors (Lipinski definition) is 2. The fourth-order valence-electron chi connectivity index (χ4n) is 3.83. The second kappa shape index (κ2) is 7.97. The van der Waals surface area contributed by atoms with Crippen LogP contribution in [0.5, 0.6) is 0 Å². The number of carbonyl (C=O) groups excluding carboxylic acids is 2. The molecular formula is C21H27BrN2O5. The minimum Gasteiger partial charge on any atom is -0.479 e. The van der Waals surface area contributed by atoms with Gasteiger partial charge in [0.2, 0.25) is 5.91 Å². The summed E-state index contributed by atoms with van der Waals surface area (Å²) in [7, 11) is 0. The number of carboxylic acid groups (broad SMARTS) is 1. The van der Waals surface area contributed by atoms with E-state index in [0.717, 1.165) is 22.9 Å². The number of nitrogens with one attached hydrogen (secondary N) is 1. The minimum atomic E-state index is -1.33. The first-order valence-corrected chi connectivity index (χ1v) is 10.6. The highest BCUT2D eigenvalue weighted by atomic mass is 79.9. The predicted octanol–water partition coefficient (Wildman–Crippen LogP) is 3.67. The number of carboxylic acids is 1. The van der Waals surface area contributed by atoms with E-state index in [1.54, 1.807) is 20.8 Å². The number of ether oxygens (including phenoxy) is 1. The van der Waals surface area contributed by atoms with Crippen molar-refractivity contribution in [1.29, 1.82) is 0 Å². The van der Waals surface area contributed by atoms with Crippen LogP contribution in [0.1, 0.15) is 57.9 Å². The highest BCUT2D eigenvalue weighted by molar-refractivity contribution is 9.10. The van der Waals surface area contributed by atoms with E-state index in [2.05, 4.69) is 21.2 Å². The number of rotatable bonds is 4. The Balaban J connectivity index is 1.75. The van der Waals surface area contributed by atoms with Gasteiger partial charge in [0.25, 0.3) is 0 Å². The molecule has 158 valence electrons. The van der Waals surface area contributed by atoms with Gasteiger partial charge in [0, 0.05) is 16.9 Å². The standard InChI is InChI=1S/C21H27BrN2O5/c1-20(2,3)29-19(28)24-11-5-4-6-16(24)17(25)23-21(18(26)27)12-15(21)13-7-9-14(22)10-8-13/h7-10,15-16H,4-6,11-12H2,1-3H3,(H,23,25)(H,26,27)/t15-,16+,21-/m1/s1. The Hall–Kier alpha value is -2.09. The van der Waals surface area contributed by atoms with Gasteiger partial charge in [-0.1, -0.05) is 28.1 Å². The van der Waals surface area contributed by atoms with Crippen molar-refractivity contribution >= 4 is 33.9 Å². The largest absolute Gasteiger partial charge is 0.479 e. The van der Waals surface area contributed by atoms with Gasteiger partial charge in [-0.3, -0.25) is 9.69 Å². The minimum absolute atomic E-state index is 0.296. The SMILES string of the molecule is CC(C)(C)OC(=O)N1CCCC[C@H]1C(=O)N[C@]1(C(=O)O)C[C@@H]1c1ccc(Br)cc1. The number of halogens is 1. The molecule has 3 rings (SSSR count). The molecule has 1 aliphatic heterocycles. The zero-order chi connectivity index (χ0) is 21.4. The van der Waals surface area contributed by atoms with Crippen LogP contribution >= 0.6 is 15.9 Å². The Kier molecular flexibility index (Phi) is 5.94. The van der Waals surface area contributed by atoms with Crippen molar-refractivity contribution in [2.24, 2.45) is 0 Å². The summed E-state index contributed by atoms with van der Waals surface area (Å²) in [4.78, 5) is 39.1. The van der Waals surface area contributed by atoms with Crippen molar-refractivity contribution in [1.82, 2.24) is 10.2 Å². The Morgan fingerprint density at radius 3 is 2.45 bits per heavy atom. The van der Waals surface area contributed by atoms with Gasteiger partial charge in [0.05, 0.1) is 0 Å². The van der Waals surface area contributed by atoms with E-state index in [4.69, 9.17) is 4.74 Å². The maximum atomic E-state index is 13.0. The number of hydrogen-bond acceptors (Lipinski definition) is 4. The Labute approximate surface area is 178 Å². The van der Waals surface area contributed by atoms with E-state index < -0.39 is 35.2 Å². The molecule has 0 bridgehead atoms. The van der Waals surface area contributed by atoms with Crippen molar-refractivity contribution in [3.8, 4) is 0 Å². The summed E-state index contributed by atoms with van der Waals surface area (Å²) in [6, 6.07) is 6.71. The van der Waals surface area contributed by atoms with Crippen molar-refractivity contribution in [3.05, 3.63) is 34.3 Å². The highest BCUT2D eigenvalue weighted by Gasteiger charge is 2.62. The zero-order valence-corrected chi connectivity index (χ0v) is 18.5. The fraction of sp³-hybridized carbons (Fsp3) is 0.571. The number of aliphatic carboxylic acids is 1. The summed E-state index contributed by atoms with van der Waals surface area (Å²) in [6.07, 6.45) is 1.86. The van der Waals surface area contributed by atoms with Gasteiger partial charge in [-0.05, 0) is 64.2 Å². The molecule has 2 N–H and O–H groups in total. The van der Waals surface area contributed by atoms with Crippen LogP contribution in [0.3, 0.4) is 0 Å². The summed E-state index contributed by atoms with van der Waals surface area (Å²) >= 11 is 3.37. The quantitative estimate of drug-likeness (QED) is 0.705. The molecule has 0 spiro atoms. The van der Waals surface area contributed by atoms with Gasteiger partial charge in [0.1, 0.15) is 17.2 Å². The van der Waals surface area contributed by atoms with E-state index in [-0.39, 0.29) is 5.92 Å². The topological polar surface area (TPSA) is 95.9 Å². The molecule has 29 heavy (non-hydrogen) atoms. The molecule has 1 aromatic carbocycles. The van der Waals surface area contributed by atoms with E-state index in [9.17, 15) is 19.5 Å². The third-order valence-corrected chi connectivity index (χ3v) is 5.92. The number of nitrogens with zero attached hydrogens (tertiary/aromatic N) is 1. The lowest BCUT2D eigenvalue weighted by atomic mass is 10.0. The van der Waals surface area contributed by atoms with Gasteiger partial charge in [0.15, 0.2) is 0 Å². The molecule has 0 radical (unpaired) electrons. The van der Waals surface area contributed by atoms with E-state index >= 15 is 0 Å². The molecule has 2 fully saturated rings. The predicted molar refractivity (Wildman–Crippen MR) is 111 cm³/mol. The molecule has 2 amide bonds. The molecule has 1 heterocycles. The summed E-state index contributed by atoms with van der Waals surface area (Å²) in [5, 5.41) is 12.6. The number of piperidine rings is 1. The molecule has 7 nitrogen and oxygen atoms in total. The third-order valence-electron chi connectivity index (χ3n) is 5.39. The van der Waals surface area contributed by atoms with Crippen LogP contribution in [-0.2, 0) is 14.3 Å². The third kappa shape index (κ3) is 4.74. The van der Waals surface area contributed by atoms with Crippen LogP contribution in [0, 0.1) is 0 Å². The summed E-state index contributed by atoms with van der Waals surface area (Å²) in [5.41, 5.74) is -1.13. The van der Waals surface area contributed by atoms with Crippen molar-refractivity contribution in [3.63, 3.8) is 0 Å². The lowest BCUT2D eigenvalue weighted by molar-refractivity contribution is -0.144. The van der Waals surface area contributed by atoms with Gasteiger partial charge in [-0.15, -0.1) is 0 Å². The summed E-state index contributed by atoms with van der Waals surface area (Å²) < 4.78 is 6.34. The van der Waals surface area contributed by atoms with Crippen LogP contribution < -0.4 is 5.32 Å². The van der Waals surface area contributed by atoms with Crippen LogP contribution in [0.25, 0.3) is 0 Å². The second-order valence-electron chi connectivity index (χ2n) is 8.76. The lowest BCUT2D eigenvalue weighted by Gasteiger charge is -2.36. The zero-order valence-electron chi connectivity index (χ0n) is 16.9. The van der Waals surface area contributed by atoms with E-state index in [1.165, 1.54) is 4.90 Å². The monoisotopic (exact) mass is 466 g/mol. The average Bonchev–Trinajstić information content (AvgIpc) is 3.36. The van der Waals surface area contributed by atoms with Gasteiger partial charge in [-0.2, -0.15) is 0 Å². The molecule has 1 saturated heterocycles. The van der Waals surface area contributed by atoms with Crippen molar-refractivity contribution < 1.29 is 24.2 Å². The molecule has 0 unspecified atom stereocenters. The first-order chi connectivity index (χ1) is 13.5. The van der Waals surface area contributed by atoms with Crippen LogP contribution in [0.2, 0.25) is 0 Å². The number of amides is 2. The molecule has 8 heteroatoms. The Bertz CT molecular complexity index is 804. The maximum Gasteiger partial charge on any atom is 0.410 e. The molecule has 1 saturated carbocycles. The van der Waals surface area contributed by atoms with E-state index in [1.807, 2.05) is 24.3 Å². The fourth-order valence-corrected chi connectivity index (χ4v) is 4.10. The highest BCUT2D eigenvalue weighted by Crippen LogP contribution is 2.52.